The summed E-state index contributed by atoms with van der Waals surface area (Å²) in [5.74, 6) is 0.901. The summed E-state index contributed by atoms with van der Waals surface area (Å²) in [6, 6.07) is 8.04. The van der Waals surface area contributed by atoms with Crippen LogP contribution in [0.5, 0.6) is 0 Å². The Labute approximate surface area is 235 Å². The molecule has 0 spiro atoms. The lowest BCUT2D eigenvalue weighted by molar-refractivity contribution is -0.168. The molecule has 2 bridgehead atoms. The Kier molecular flexibility index (Phi) is 9.57. The number of para-hydroxylation sites is 1. The molecular weight excluding hydrogens is 512 g/mol. The van der Waals surface area contributed by atoms with Gasteiger partial charge < -0.3 is 29.4 Å². The summed E-state index contributed by atoms with van der Waals surface area (Å²) < 4.78 is 25.2. The molecule has 40 heavy (non-hydrogen) atoms. The lowest BCUT2D eigenvalue weighted by Crippen LogP contribution is -2.43. The molecule has 5 rings (SSSR count). The predicted molar refractivity (Wildman–Crippen MR) is 150 cm³/mol. The number of hydrogen-bond acceptors (Lipinski definition) is 7. The molecule has 2 aromatic rings. The molecule has 2 heterocycles. The third kappa shape index (κ3) is 6.28. The van der Waals surface area contributed by atoms with Gasteiger partial charge in [-0.3, -0.25) is 14.2 Å². The van der Waals surface area contributed by atoms with E-state index in [0.29, 0.717) is 38.8 Å². The number of carbonyl (C=O) groups is 2. The van der Waals surface area contributed by atoms with E-state index in [1.165, 1.54) is 19.3 Å². The number of nitrogens with zero attached hydrogens (tertiary/aromatic N) is 1. The first-order valence-corrected chi connectivity index (χ1v) is 14.7. The van der Waals surface area contributed by atoms with Crippen molar-refractivity contribution < 1.29 is 33.6 Å². The molecule has 1 aromatic carbocycles. The fourth-order valence-corrected chi connectivity index (χ4v) is 6.79. The summed E-state index contributed by atoms with van der Waals surface area (Å²) in [6.45, 7) is 5.43. The molecule has 218 valence electrons. The van der Waals surface area contributed by atoms with Crippen LogP contribution in [0.1, 0.15) is 62.2 Å². The second-order valence-corrected chi connectivity index (χ2v) is 11.1. The Balaban J connectivity index is 1.43. The highest BCUT2D eigenvalue weighted by atomic mass is 16.7. The Bertz CT molecular complexity index is 1210. The first kappa shape index (κ1) is 28.8. The summed E-state index contributed by atoms with van der Waals surface area (Å²) in [6.07, 6.45) is 8.47. The fraction of sp³-hybridized carbons (Fsp3) is 0.613. The highest BCUT2D eigenvalue weighted by molar-refractivity contribution is 5.95. The standard InChI is InChI=1S/C31H42N2O7/c1-3-39-31-24(10-12-37-14-15-38-13-11-34)25(26-19-33(20(2)35)28-7-5-4-6-23(26)28)18-29(40-31)30(36)32-27-17-21-8-9-22(27)16-21/h4-7,18-19,21-22,24-25,27,31,34H,3,8-17H2,1-2H3,(H,32,36)/t21?,22?,24-,25-,27?,31+/m1/s1. The van der Waals surface area contributed by atoms with E-state index in [9.17, 15) is 9.59 Å². The topological polar surface area (TPSA) is 108 Å². The van der Waals surface area contributed by atoms with Crippen molar-refractivity contribution >= 4 is 22.7 Å². The summed E-state index contributed by atoms with van der Waals surface area (Å²) in [7, 11) is 0. The molecule has 2 N–H and O–H groups in total. The van der Waals surface area contributed by atoms with Gasteiger partial charge in [-0.1, -0.05) is 24.6 Å². The van der Waals surface area contributed by atoms with Crippen molar-refractivity contribution in [3.63, 3.8) is 0 Å². The summed E-state index contributed by atoms with van der Waals surface area (Å²) in [5, 5.41) is 13.1. The lowest BCUT2D eigenvalue weighted by atomic mass is 9.81. The van der Waals surface area contributed by atoms with E-state index < -0.39 is 6.29 Å². The Morgan fingerprint density at radius 1 is 1.10 bits per heavy atom. The maximum atomic E-state index is 13.6. The van der Waals surface area contributed by atoms with E-state index in [1.54, 1.807) is 11.5 Å². The highest BCUT2D eigenvalue weighted by Gasteiger charge is 2.43. The molecule has 1 amide bonds. The van der Waals surface area contributed by atoms with Gasteiger partial charge in [0.2, 0.25) is 12.2 Å². The average Bonchev–Trinajstić information content (AvgIpc) is 3.68. The minimum atomic E-state index is -0.644. The van der Waals surface area contributed by atoms with Crippen LogP contribution in [0.2, 0.25) is 0 Å². The molecule has 3 unspecified atom stereocenters. The van der Waals surface area contributed by atoms with Gasteiger partial charge >= 0.3 is 0 Å². The molecule has 0 saturated heterocycles. The first-order chi connectivity index (χ1) is 19.5. The highest BCUT2D eigenvalue weighted by Crippen LogP contribution is 2.45. The van der Waals surface area contributed by atoms with Crippen LogP contribution in [0, 0.1) is 17.8 Å². The number of fused-ring (bicyclic) bond motifs is 3. The van der Waals surface area contributed by atoms with Crippen LogP contribution in [0.25, 0.3) is 10.9 Å². The number of benzene rings is 1. The second kappa shape index (κ2) is 13.3. The molecule has 2 aliphatic carbocycles. The molecule has 2 saturated carbocycles. The summed E-state index contributed by atoms with van der Waals surface area (Å²) in [5.41, 5.74) is 1.79. The summed E-state index contributed by atoms with van der Waals surface area (Å²) in [4.78, 5) is 26.1. The van der Waals surface area contributed by atoms with Crippen molar-refractivity contribution in [2.75, 3.05) is 39.6 Å². The van der Waals surface area contributed by atoms with Crippen molar-refractivity contribution in [1.29, 1.82) is 0 Å². The van der Waals surface area contributed by atoms with E-state index in [2.05, 4.69) is 5.32 Å². The third-order valence-corrected chi connectivity index (χ3v) is 8.64. The number of rotatable bonds is 13. The molecule has 9 heteroatoms. The van der Waals surface area contributed by atoms with Gasteiger partial charge in [0.05, 0.1) is 31.9 Å². The number of aliphatic hydroxyl groups excluding tert-OH is 1. The van der Waals surface area contributed by atoms with E-state index in [0.717, 1.165) is 28.8 Å². The Morgan fingerprint density at radius 3 is 2.60 bits per heavy atom. The number of aliphatic hydroxyl groups is 1. The number of hydrogen-bond donors (Lipinski definition) is 2. The van der Waals surface area contributed by atoms with Crippen molar-refractivity contribution in [3.8, 4) is 0 Å². The quantitative estimate of drug-likeness (QED) is 0.361. The van der Waals surface area contributed by atoms with Crippen LogP contribution in [0.3, 0.4) is 0 Å². The van der Waals surface area contributed by atoms with Crippen LogP contribution in [0.4, 0.5) is 0 Å². The zero-order valence-corrected chi connectivity index (χ0v) is 23.6. The number of nitrogens with one attached hydrogen (secondary N) is 1. The smallest absolute Gasteiger partial charge is 0.286 e. The van der Waals surface area contributed by atoms with Gasteiger partial charge in [0, 0.05) is 49.6 Å². The van der Waals surface area contributed by atoms with Gasteiger partial charge in [0.15, 0.2) is 5.76 Å². The number of ether oxygens (including phenoxy) is 4. The molecule has 1 aliphatic heterocycles. The largest absolute Gasteiger partial charge is 0.459 e. The van der Waals surface area contributed by atoms with E-state index in [1.807, 2.05) is 43.5 Å². The van der Waals surface area contributed by atoms with Crippen molar-refractivity contribution in [2.45, 2.75) is 64.2 Å². The molecule has 2 fully saturated rings. The minimum Gasteiger partial charge on any atom is -0.459 e. The SMILES string of the molecule is CCO[C@H]1OC(C(=O)NC2CC3CCC2C3)=C[C@@H](c2cn(C(C)=O)c3ccccc23)[C@H]1CCOCCOCCO. The molecule has 1 aromatic heterocycles. The Morgan fingerprint density at radius 2 is 1.90 bits per heavy atom. The van der Waals surface area contributed by atoms with Gasteiger partial charge in [-0.25, -0.2) is 0 Å². The molecule has 6 atom stereocenters. The number of amides is 1. The zero-order valence-electron chi connectivity index (χ0n) is 23.6. The van der Waals surface area contributed by atoms with Crippen LogP contribution in [-0.2, 0) is 23.7 Å². The molecule has 9 nitrogen and oxygen atoms in total. The Hall–Kier alpha value is -2.72. The van der Waals surface area contributed by atoms with E-state index >= 15 is 0 Å². The van der Waals surface area contributed by atoms with Gasteiger partial charge in [0.1, 0.15) is 0 Å². The normalized spacial score (nSPS) is 27.5. The number of carbonyl (C=O) groups excluding carboxylic acids is 2. The van der Waals surface area contributed by atoms with Crippen LogP contribution in [-0.4, -0.2) is 73.5 Å². The van der Waals surface area contributed by atoms with Crippen LogP contribution in [0.15, 0.2) is 42.3 Å². The molecule has 0 radical (unpaired) electrons. The third-order valence-electron chi connectivity index (χ3n) is 8.64. The van der Waals surface area contributed by atoms with Gasteiger partial charge in [0.25, 0.3) is 5.91 Å². The van der Waals surface area contributed by atoms with Crippen molar-refractivity contribution in [2.24, 2.45) is 17.8 Å². The molecular formula is C31H42N2O7. The first-order valence-electron chi connectivity index (χ1n) is 14.7. The monoisotopic (exact) mass is 554 g/mol. The van der Waals surface area contributed by atoms with Gasteiger partial charge in [-0.05, 0) is 62.1 Å². The number of aromatic nitrogens is 1. The van der Waals surface area contributed by atoms with Crippen molar-refractivity contribution in [1.82, 2.24) is 9.88 Å². The predicted octanol–water partition coefficient (Wildman–Crippen LogP) is 4.00. The fourth-order valence-electron chi connectivity index (χ4n) is 6.79. The minimum absolute atomic E-state index is 0.0186. The second-order valence-electron chi connectivity index (χ2n) is 11.1. The summed E-state index contributed by atoms with van der Waals surface area (Å²) >= 11 is 0. The lowest BCUT2D eigenvalue weighted by Gasteiger charge is -2.37. The molecule has 3 aliphatic rings. The number of allylic oxidation sites excluding steroid dienone is 1. The van der Waals surface area contributed by atoms with Gasteiger partial charge in [-0.2, -0.15) is 0 Å². The van der Waals surface area contributed by atoms with E-state index in [4.69, 9.17) is 24.1 Å². The van der Waals surface area contributed by atoms with Gasteiger partial charge in [-0.15, -0.1) is 0 Å². The van der Waals surface area contributed by atoms with Crippen LogP contribution >= 0.6 is 0 Å². The maximum absolute atomic E-state index is 13.6. The van der Waals surface area contributed by atoms with Crippen molar-refractivity contribution in [3.05, 3.63) is 47.9 Å². The van der Waals surface area contributed by atoms with E-state index in [-0.39, 0.29) is 48.7 Å². The van der Waals surface area contributed by atoms with Crippen LogP contribution < -0.4 is 5.32 Å². The maximum Gasteiger partial charge on any atom is 0.286 e. The average molecular weight is 555 g/mol. The zero-order chi connectivity index (χ0) is 28.1.